The van der Waals surface area contributed by atoms with E-state index in [0.717, 1.165) is 0 Å². The molecule has 0 amide bonds. The Bertz CT molecular complexity index is 607. The number of hydrogen-bond donors (Lipinski definition) is 4. The van der Waals surface area contributed by atoms with Crippen LogP contribution in [0.1, 0.15) is 19.4 Å². The zero-order valence-electron chi connectivity index (χ0n) is 13.3. The quantitative estimate of drug-likeness (QED) is 0.519. The molecule has 0 aliphatic rings. The number of ether oxygens (including phenoxy) is 1. The molecule has 0 aliphatic heterocycles. The Morgan fingerprint density at radius 3 is 2.00 bits per heavy atom. The molecular weight excluding hydrogens is 320 g/mol. The van der Waals surface area contributed by atoms with E-state index in [1.165, 1.54) is 38.1 Å². The van der Waals surface area contributed by atoms with Crippen LogP contribution < -0.4 is 4.74 Å². The first-order chi connectivity index (χ1) is 11.1. The third-order valence-electron chi connectivity index (χ3n) is 3.58. The maximum atomic E-state index is 11.5. The van der Waals surface area contributed by atoms with Gasteiger partial charge in [0.2, 0.25) is 0 Å². The molecule has 4 N–H and O–H groups in total. The number of aliphatic carboxylic acids is 3. The zero-order valence-corrected chi connectivity index (χ0v) is 13.3. The van der Waals surface area contributed by atoms with Crippen LogP contribution >= 0.6 is 0 Å². The number of hydrogen-bond acceptors (Lipinski definition) is 5. The van der Waals surface area contributed by atoms with Crippen molar-refractivity contribution in [1.82, 2.24) is 0 Å². The molecule has 0 radical (unpaired) electrons. The summed E-state index contributed by atoms with van der Waals surface area (Å²) in [6.45, 7) is 2.53. The summed E-state index contributed by atoms with van der Waals surface area (Å²) in [5, 5.41) is 37.7. The minimum Gasteiger partial charge on any atom is -0.482 e. The lowest BCUT2D eigenvalue weighted by molar-refractivity contribution is -0.177. The number of aliphatic hydroxyl groups is 1. The Labute approximate surface area is 138 Å². The van der Waals surface area contributed by atoms with E-state index < -0.39 is 48.4 Å². The van der Waals surface area contributed by atoms with Crippen molar-refractivity contribution in [2.24, 2.45) is 11.8 Å². The third kappa shape index (κ3) is 4.69. The van der Waals surface area contributed by atoms with Crippen molar-refractivity contribution in [1.29, 1.82) is 0 Å². The van der Waals surface area contributed by atoms with Crippen LogP contribution in [0.3, 0.4) is 0 Å². The fraction of sp³-hybridized carbons (Fsp3) is 0.438. The smallest absolute Gasteiger partial charge is 0.341 e. The molecule has 2 atom stereocenters. The lowest BCUT2D eigenvalue weighted by atomic mass is 9.76. The lowest BCUT2D eigenvalue weighted by Crippen LogP contribution is -2.53. The summed E-state index contributed by atoms with van der Waals surface area (Å²) in [7, 11) is 0. The Balaban J connectivity index is 3.02. The van der Waals surface area contributed by atoms with Gasteiger partial charge in [0.15, 0.2) is 12.2 Å². The van der Waals surface area contributed by atoms with Crippen LogP contribution in [0.2, 0.25) is 0 Å². The van der Waals surface area contributed by atoms with E-state index in [9.17, 15) is 29.7 Å². The van der Waals surface area contributed by atoms with E-state index in [2.05, 4.69) is 0 Å². The molecule has 2 unspecified atom stereocenters. The number of carboxylic acid groups (broad SMARTS) is 3. The summed E-state index contributed by atoms with van der Waals surface area (Å²) >= 11 is 0. The van der Waals surface area contributed by atoms with Gasteiger partial charge in [0, 0.05) is 6.42 Å². The molecule has 1 rings (SSSR count). The first-order valence-electron chi connectivity index (χ1n) is 7.20. The van der Waals surface area contributed by atoms with Crippen molar-refractivity contribution < 1.29 is 39.5 Å². The van der Waals surface area contributed by atoms with E-state index >= 15 is 0 Å². The van der Waals surface area contributed by atoms with Gasteiger partial charge in [-0.3, -0.25) is 4.79 Å². The fourth-order valence-corrected chi connectivity index (χ4v) is 2.52. The maximum absolute atomic E-state index is 11.5. The molecule has 0 fully saturated rings. The molecule has 0 bridgehead atoms. The molecule has 0 spiro atoms. The van der Waals surface area contributed by atoms with Crippen molar-refractivity contribution >= 4 is 17.9 Å². The summed E-state index contributed by atoms with van der Waals surface area (Å²) in [6, 6.07) is 5.74. The van der Waals surface area contributed by atoms with Gasteiger partial charge in [-0.15, -0.1) is 0 Å². The van der Waals surface area contributed by atoms with Gasteiger partial charge in [-0.25, -0.2) is 9.59 Å². The lowest BCUT2D eigenvalue weighted by Gasteiger charge is -2.32. The highest BCUT2D eigenvalue weighted by Crippen LogP contribution is 2.30. The van der Waals surface area contributed by atoms with Crippen molar-refractivity contribution in [3.05, 3.63) is 29.8 Å². The molecule has 0 heterocycles. The summed E-state index contributed by atoms with van der Waals surface area (Å²) in [5.74, 6) is -5.97. The van der Waals surface area contributed by atoms with Crippen molar-refractivity contribution in [3.63, 3.8) is 0 Å². The highest BCUT2D eigenvalue weighted by atomic mass is 16.5. The van der Waals surface area contributed by atoms with Crippen molar-refractivity contribution in [2.45, 2.75) is 25.9 Å². The van der Waals surface area contributed by atoms with Crippen molar-refractivity contribution in [2.75, 3.05) is 6.61 Å². The molecule has 1 aromatic rings. The second kappa shape index (κ2) is 7.78. The summed E-state index contributed by atoms with van der Waals surface area (Å²) in [6.07, 6.45) is -0.406. The van der Waals surface area contributed by atoms with Crippen LogP contribution in [0, 0.1) is 11.8 Å². The monoisotopic (exact) mass is 340 g/mol. The topological polar surface area (TPSA) is 141 Å². The molecule has 0 saturated carbocycles. The van der Waals surface area contributed by atoms with E-state index in [0.29, 0.717) is 5.56 Å². The minimum atomic E-state index is -2.47. The molecular formula is C16H20O8. The van der Waals surface area contributed by atoms with Gasteiger partial charge >= 0.3 is 17.9 Å². The van der Waals surface area contributed by atoms with Crippen LogP contribution in [0.5, 0.6) is 5.75 Å². The van der Waals surface area contributed by atoms with Crippen molar-refractivity contribution in [3.8, 4) is 5.75 Å². The largest absolute Gasteiger partial charge is 0.482 e. The second-order valence-electron chi connectivity index (χ2n) is 5.79. The van der Waals surface area contributed by atoms with E-state index in [1.54, 1.807) is 0 Å². The van der Waals surface area contributed by atoms with Crippen LogP contribution in [0.15, 0.2) is 24.3 Å². The zero-order chi connectivity index (χ0) is 18.5. The van der Waals surface area contributed by atoms with Gasteiger partial charge in [0.1, 0.15) is 5.75 Å². The second-order valence-corrected chi connectivity index (χ2v) is 5.79. The van der Waals surface area contributed by atoms with Gasteiger partial charge in [0.25, 0.3) is 0 Å². The summed E-state index contributed by atoms with van der Waals surface area (Å²) < 4.78 is 4.95. The van der Waals surface area contributed by atoms with Gasteiger partial charge in [-0.2, -0.15) is 0 Å². The normalized spacial score (nSPS) is 14.7. The van der Waals surface area contributed by atoms with E-state index in [1.807, 2.05) is 0 Å². The summed E-state index contributed by atoms with van der Waals surface area (Å²) in [4.78, 5) is 33.3. The molecule has 0 saturated heterocycles. The number of carbonyl (C=O) groups is 3. The Morgan fingerprint density at radius 2 is 1.62 bits per heavy atom. The molecule has 0 aliphatic carbocycles. The Morgan fingerprint density at radius 1 is 1.08 bits per heavy atom. The van der Waals surface area contributed by atoms with Gasteiger partial charge in [0.05, 0.1) is 5.92 Å². The molecule has 0 aromatic heterocycles. The minimum absolute atomic E-state index is 0.263. The standard InChI is InChI=1S/C16H20O8/c1-9(2)13(14(19)20)16(23,15(21)22)7-10-3-5-11(6-4-10)24-8-12(17)18/h3-6,9,13,23H,7-8H2,1-2H3,(H,17,18)(H,19,20)(H,21,22). The number of rotatable bonds is 9. The number of benzene rings is 1. The molecule has 1 aromatic carbocycles. The average Bonchev–Trinajstić information content (AvgIpc) is 2.45. The predicted octanol–water partition coefficient (Wildman–Crippen LogP) is 0.865. The highest BCUT2D eigenvalue weighted by Gasteiger charge is 2.49. The van der Waals surface area contributed by atoms with Gasteiger partial charge < -0.3 is 25.2 Å². The van der Waals surface area contributed by atoms with E-state index in [-0.39, 0.29) is 5.75 Å². The van der Waals surface area contributed by atoms with Crippen LogP contribution in [0.4, 0.5) is 0 Å². The SMILES string of the molecule is CC(C)C(C(=O)O)C(O)(Cc1ccc(OCC(=O)O)cc1)C(=O)O. The first-order valence-corrected chi connectivity index (χ1v) is 7.20. The predicted molar refractivity (Wildman–Crippen MR) is 81.8 cm³/mol. The molecule has 8 nitrogen and oxygen atoms in total. The third-order valence-corrected chi connectivity index (χ3v) is 3.58. The molecule has 8 heteroatoms. The van der Waals surface area contributed by atoms with Gasteiger partial charge in [-0.05, 0) is 23.6 Å². The Hall–Kier alpha value is -2.61. The Kier molecular flexibility index (Phi) is 6.30. The number of carboxylic acids is 3. The first kappa shape index (κ1) is 19.4. The van der Waals surface area contributed by atoms with E-state index in [4.69, 9.17) is 9.84 Å². The summed E-state index contributed by atoms with van der Waals surface area (Å²) in [5.41, 5.74) is -2.09. The molecule has 24 heavy (non-hydrogen) atoms. The molecule has 132 valence electrons. The van der Waals surface area contributed by atoms with Gasteiger partial charge in [-0.1, -0.05) is 26.0 Å². The average molecular weight is 340 g/mol. The van der Waals surface area contributed by atoms with Crippen LogP contribution in [0.25, 0.3) is 0 Å². The van der Waals surface area contributed by atoms with Crippen LogP contribution in [-0.4, -0.2) is 50.5 Å². The fourth-order valence-electron chi connectivity index (χ4n) is 2.52. The highest BCUT2D eigenvalue weighted by molar-refractivity contribution is 5.86. The maximum Gasteiger partial charge on any atom is 0.341 e. The van der Waals surface area contributed by atoms with Crippen LogP contribution in [-0.2, 0) is 20.8 Å².